The number of rotatable bonds is 4. The molecule has 1 unspecified atom stereocenters. The molecular weight excluding hydrogens is 307 g/mol. The molecule has 2 aromatic carbocycles. The first-order chi connectivity index (χ1) is 11.7. The summed E-state index contributed by atoms with van der Waals surface area (Å²) in [7, 11) is 1.62. The number of nitrogens with zero attached hydrogens (tertiary/aromatic N) is 1. The maximum Gasteiger partial charge on any atom is 0.318 e. The topological polar surface area (TPSA) is 41.6 Å². The molecule has 2 aromatic rings. The van der Waals surface area contributed by atoms with Crippen LogP contribution in [0.1, 0.15) is 30.0 Å². The summed E-state index contributed by atoms with van der Waals surface area (Å²) >= 11 is 0. The number of likely N-dealkylation sites (tertiary alicyclic amines) is 1. The lowest BCUT2D eigenvalue weighted by Gasteiger charge is -2.25. The lowest BCUT2D eigenvalue weighted by atomic mass is 10.0. The Morgan fingerprint density at radius 1 is 1.29 bits per heavy atom. The number of benzene rings is 2. The van der Waals surface area contributed by atoms with E-state index < -0.39 is 0 Å². The second-order valence-electron chi connectivity index (χ2n) is 5.91. The molecule has 1 aliphatic rings. The first kappa shape index (κ1) is 16.3. The molecule has 1 aliphatic heterocycles. The van der Waals surface area contributed by atoms with Gasteiger partial charge in [-0.2, -0.15) is 0 Å². The van der Waals surface area contributed by atoms with Crippen molar-refractivity contribution in [2.24, 2.45) is 0 Å². The molecule has 1 saturated heterocycles. The second kappa shape index (κ2) is 7.34. The van der Waals surface area contributed by atoms with E-state index in [-0.39, 0.29) is 17.9 Å². The van der Waals surface area contributed by atoms with Gasteiger partial charge in [0.25, 0.3) is 0 Å². The number of nitrogens with one attached hydrogen (secondary N) is 1. The Labute approximate surface area is 141 Å². The van der Waals surface area contributed by atoms with Crippen LogP contribution in [-0.4, -0.2) is 24.6 Å². The predicted molar refractivity (Wildman–Crippen MR) is 90.3 cm³/mol. The average molecular weight is 328 g/mol. The number of halogens is 1. The van der Waals surface area contributed by atoms with Crippen LogP contribution in [0.25, 0.3) is 0 Å². The number of carbonyl (C=O) groups is 1. The van der Waals surface area contributed by atoms with Crippen molar-refractivity contribution >= 4 is 6.03 Å². The highest BCUT2D eigenvalue weighted by molar-refractivity contribution is 5.75. The molecule has 4 nitrogen and oxygen atoms in total. The molecule has 3 rings (SSSR count). The van der Waals surface area contributed by atoms with Gasteiger partial charge < -0.3 is 15.0 Å². The van der Waals surface area contributed by atoms with Gasteiger partial charge in [-0.15, -0.1) is 0 Å². The molecular formula is C19H21FN2O2. The van der Waals surface area contributed by atoms with E-state index in [2.05, 4.69) is 5.32 Å². The number of methoxy groups -OCH3 is 1. The van der Waals surface area contributed by atoms with Crippen LogP contribution in [0.3, 0.4) is 0 Å². The summed E-state index contributed by atoms with van der Waals surface area (Å²) in [5, 5.41) is 2.96. The van der Waals surface area contributed by atoms with Crippen LogP contribution in [0.15, 0.2) is 48.5 Å². The molecule has 2 amide bonds. The number of urea groups is 1. The Balaban J connectivity index is 1.64. The van der Waals surface area contributed by atoms with E-state index in [1.165, 1.54) is 12.1 Å². The van der Waals surface area contributed by atoms with Crippen LogP contribution in [0.2, 0.25) is 0 Å². The van der Waals surface area contributed by atoms with E-state index in [4.69, 9.17) is 4.74 Å². The Morgan fingerprint density at radius 3 is 2.83 bits per heavy atom. The molecule has 5 heteroatoms. The SMILES string of the molecule is COc1cccc(CNC(=O)N2CCCC2c2ccc(F)cc2)c1. The van der Waals surface area contributed by atoms with Crippen LogP contribution in [0.4, 0.5) is 9.18 Å². The first-order valence-corrected chi connectivity index (χ1v) is 8.10. The van der Waals surface area contributed by atoms with Crippen molar-refractivity contribution in [3.63, 3.8) is 0 Å². The number of hydrogen-bond acceptors (Lipinski definition) is 2. The first-order valence-electron chi connectivity index (χ1n) is 8.10. The van der Waals surface area contributed by atoms with E-state index >= 15 is 0 Å². The number of amides is 2. The zero-order chi connectivity index (χ0) is 16.9. The van der Waals surface area contributed by atoms with Crippen molar-refractivity contribution in [1.82, 2.24) is 10.2 Å². The minimum Gasteiger partial charge on any atom is -0.497 e. The minimum absolute atomic E-state index is 0.0101. The molecule has 0 aliphatic carbocycles. The van der Waals surface area contributed by atoms with Crippen molar-refractivity contribution in [1.29, 1.82) is 0 Å². The Kier molecular flexibility index (Phi) is 4.99. The summed E-state index contributed by atoms with van der Waals surface area (Å²) in [6.45, 7) is 1.16. The number of hydrogen-bond donors (Lipinski definition) is 1. The molecule has 0 bridgehead atoms. The fourth-order valence-corrected chi connectivity index (χ4v) is 3.10. The van der Waals surface area contributed by atoms with Crippen LogP contribution in [0.5, 0.6) is 5.75 Å². The van der Waals surface area contributed by atoms with Gasteiger partial charge in [-0.25, -0.2) is 9.18 Å². The summed E-state index contributed by atoms with van der Waals surface area (Å²) < 4.78 is 18.3. The Hall–Kier alpha value is -2.56. The third-order valence-electron chi connectivity index (χ3n) is 4.35. The largest absolute Gasteiger partial charge is 0.497 e. The smallest absolute Gasteiger partial charge is 0.318 e. The van der Waals surface area contributed by atoms with Crippen molar-refractivity contribution in [2.45, 2.75) is 25.4 Å². The van der Waals surface area contributed by atoms with E-state index in [1.54, 1.807) is 19.2 Å². The molecule has 0 aromatic heterocycles. The van der Waals surface area contributed by atoms with Gasteiger partial charge >= 0.3 is 6.03 Å². The van der Waals surface area contributed by atoms with Crippen molar-refractivity contribution in [3.8, 4) is 5.75 Å². The van der Waals surface area contributed by atoms with Gasteiger partial charge in [-0.3, -0.25) is 0 Å². The summed E-state index contributed by atoms with van der Waals surface area (Å²) in [5.74, 6) is 0.512. The van der Waals surface area contributed by atoms with Gasteiger partial charge in [-0.05, 0) is 48.2 Å². The zero-order valence-electron chi connectivity index (χ0n) is 13.7. The lowest BCUT2D eigenvalue weighted by Crippen LogP contribution is -2.39. The quantitative estimate of drug-likeness (QED) is 0.925. The average Bonchev–Trinajstić information content (AvgIpc) is 3.10. The standard InChI is InChI=1S/C19H21FN2O2/c1-24-17-5-2-4-14(12-17)13-21-19(23)22-11-3-6-18(22)15-7-9-16(20)10-8-15/h2,4-5,7-10,12,18H,3,6,11,13H2,1H3,(H,21,23). The predicted octanol–water partition coefficient (Wildman–Crippen LogP) is 3.88. The van der Waals surface area contributed by atoms with Crippen molar-refractivity contribution < 1.29 is 13.9 Å². The van der Waals surface area contributed by atoms with Crippen LogP contribution in [0, 0.1) is 5.82 Å². The van der Waals surface area contributed by atoms with Crippen LogP contribution in [-0.2, 0) is 6.54 Å². The van der Waals surface area contributed by atoms with E-state index in [1.807, 2.05) is 29.2 Å². The summed E-state index contributed by atoms with van der Waals surface area (Å²) in [6, 6.07) is 13.9. The molecule has 1 N–H and O–H groups in total. The molecule has 0 radical (unpaired) electrons. The van der Waals surface area contributed by atoms with Gasteiger partial charge in [0.2, 0.25) is 0 Å². The number of ether oxygens (including phenoxy) is 1. The molecule has 126 valence electrons. The van der Waals surface area contributed by atoms with Gasteiger partial charge in [0, 0.05) is 13.1 Å². The van der Waals surface area contributed by atoms with Crippen LogP contribution < -0.4 is 10.1 Å². The normalized spacial score (nSPS) is 16.9. The fraction of sp³-hybridized carbons (Fsp3) is 0.316. The van der Waals surface area contributed by atoms with Crippen LogP contribution >= 0.6 is 0 Å². The monoisotopic (exact) mass is 328 g/mol. The zero-order valence-corrected chi connectivity index (χ0v) is 13.7. The molecule has 24 heavy (non-hydrogen) atoms. The van der Waals surface area contributed by atoms with Crippen molar-refractivity contribution in [2.75, 3.05) is 13.7 Å². The number of carbonyl (C=O) groups excluding carboxylic acids is 1. The third-order valence-corrected chi connectivity index (χ3v) is 4.35. The molecule has 0 spiro atoms. The van der Waals surface area contributed by atoms with Gasteiger partial charge in [-0.1, -0.05) is 24.3 Å². The van der Waals surface area contributed by atoms with Gasteiger partial charge in [0.05, 0.1) is 13.2 Å². The summed E-state index contributed by atoms with van der Waals surface area (Å²) in [6.07, 6.45) is 1.85. The lowest BCUT2D eigenvalue weighted by molar-refractivity contribution is 0.192. The Bertz CT molecular complexity index is 703. The summed E-state index contributed by atoms with van der Waals surface area (Å²) in [4.78, 5) is 14.4. The van der Waals surface area contributed by atoms with E-state index in [9.17, 15) is 9.18 Å². The minimum atomic E-state index is -0.259. The maximum atomic E-state index is 13.1. The summed E-state index contributed by atoms with van der Waals surface area (Å²) in [5.41, 5.74) is 1.96. The second-order valence-corrected chi connectivity index (χ2v) is 5.91. The maximum absolute atomic E-state index is 13.1. The third kappa shape index (κ3) is 3.67. The Morgan fingerprint density at radius 2 is 2.08 bits per heavy atom. The van der Waals surface area contributed by atoms with Gasteiger partial charge in [0.1, 0.15) is 11.6 Å². The molecule has 1 heterocycles. The highest BCUT2D eigenvalue weighted by Gasteiger charge is 2.29. The molecule has 0 saturated carbocycles. The van der Waals surface area contributed by atoms with E-state index in [0.29, 0.717) is 13.1 Å². The highest BCUT2D eigenvalue weighted by atomic mass is 19.1. The highest BCUT2D eigenvalue weighted by Crippen LogP contribution is 2.31. The van der Waals surface area contributed by atoms with E-state index in [0.717, 1.165) is 29.7 Å². The fourth-order valence-electron chi connectivity index (χ4n) is 3.10. The molecule has 1 fully saturated rings. The molecule has 1 atom stereocenters. The van der Waals surface area contributed by atoms with Gasteiger partial charge in [0.15, 0.2) is 0 Å². The van der Waals surface area contributed by atoms with Crippen molar-refractivity contribution in [3.05, 3.63) is 65.5 Å².